The molecule has 2 aromatic rings. The maximum absolute atomic E-state index is 14.2. The van der Waals surface area contributed by atoms with Crippen LogP contribution in [0.25, 0.3) is 0 Å². The Morgan fingerprint density at radius 3 is 2.65 bits per heavy atom. The van der Waals surface area contributed by atoms with E-state index in [2.05, 4.69) is 9.37 Å². The van der Waals surface area contributed by atoms with Crippen LogP contribution in [0.1, 0.15) is 54.4 Å². The third kappa shape index (κ3) is 3.87. The van der Waals surface area contributed by atoms with Gasteiger partial charge in [-0.1, -0.05) is 19.9 Å². The van der Waals surface area contributed by atoms with Gasteiger partial charge in [0.25, 0.3) is 5.91 Å². The Hall–Kier alpha value is -2.03. The largest absolute Gasteiger partial charge is 0.419 e. The van der Waals surface area contributed by atoms with Crippen molar-refractivity contribution in [2.24, 2.45) is 10.9 Å². The molecule has 0 unspecified atom stereocenters. The molecule has 0 saturated heterocycles. The summed E-state index contributed by atoms with van der Waals surface area (Å²) in [6.45, 7) is 4.56. The lowest BCUT2D eigenvalue weighted by Gasteiger charge is -2.10. The minimum Gasteiger partial charge on any atom is -0.303 e. The third-order valence-electron chi connectivity index (χ3n) is 4.11. The molecule has 1 aliphatic carbocycles. The molecule has 1 saturated carbocycles. The van der Waals surface area contributed by atoms with Gasteiger partial charge in [-0.25, -0.2) is 4.39 Å². The van der Waals surface area contributed by atoms with E-state index in [9.17, 15) is 22.4 Å². The van der Waals surface area contributed by atoms with Crippen LogP contribution in [0.3, 0.4) is 0 Å². The normalized spacial score (nSPS) is 15.7. The van der Waals surface area contributed by atoms with E-state index in [1.807, 2.05) is 18.4 Å². The SMILES string of the molecule is CC(C)c1ns/c(=N\C(=O)c2cccc(C(F)(F)F)c2F)n1CC1CC1. The molecule has 0 spiro atoms. The predicted molar refractivity (Wildman–Crippen MR) is 88.2 cm³/mol. The smallest absolute Gasteiger partial charge is 0.303 e. The molecule has 4 nitrogen and oxygen atoms in total. The molecule has 1 aromatic heterocycles. The molecule has 1 heterocycles. The zero-order valence-electron chi connectivity index (χ0n) is 14.2. The molecule has 0 aliphatic heterocycles. The fourth-order valence-electron chi connectivity index (χ4n) is 2.58. The standard InChI is InChI=1S/C17H17F4N3OS/c1-9(2)14-23-26-16(24(14)8-10-6-7-10)22-15(25)11-4-3-5-12(13(11)18)17(19,20)21/h3-5,9-10H,6-8H2,1-2H3/b22-16-. The second-order valence-electron chi connectivity index (χ2n) is 6.61. The van der Waals surface area contributed by atoms with Gasteiger partial charge in [-0.15, -0.1) is 0 Å². The number of amides is 1. The maximum atomic E-state index is 14.2. The second kappa shape index (κ2) is 6.94. The zero-order valence-corrected chi connectivity index (χ0v) is 15.0. The van der Waals surface area contributed by atoms with Crippen LogP contribution in [-0.2, 0) is 12.7 Å². The topological polar surface area (TPSA) is 47.2 Å². The molecule has 140 valence electrons. The first kappa shape index (κ1) is 18.8. The Morgan fingerprint density at radius 2 is 2.08 bits per heavy atom. The molecule has 0 radical (unpaired) electrons. The van der Waals surface area contributed by atoms with Crippen LogP contribution in [0.5, 0.6) is 0 Å². The van der Waals surface area contributed by atoms with Crippen molar-refractivity contribution in [2.75, 3.05) is 0 Å². The van der Waals surface area contributed by atoms with E-state index in [0.29, 0.717) is 18.5 Å². The first-order valence-corrected chi connectivity index (χ1v) is 8.97. The summed E-state index contributed by atoms with van der Waals surface area (Å²) in [6, 6.07) is 2.61. The molecule has 3 rings (SSSR count). The van der Waals surface area contributed by atoms with Crippen LogP contribution in [0.15, 0.2) is 23.2 Å². The molecule has 1 aliphatic rings. The predicted octanol–water partition coefficient (Wildman–Crippen LogP) is 4.38. The maximum Gasteiger partial charge on any atom is 0.419 e. The van der Waals surface area contributed by atoms with Gasteiger partial charge in [0.15, 0.2) is 0 Å². The summed E-state index contributed by atoms with van der Waals surface area (Å²) in [5.41, 5.74) is -2.17. The molecule has 1 fully saturated rings. The number of carbonyl (C=O) groups is 1. The van der Waals surface area contributed by atoms with Gasteiger partial charge in [0.2, 0.25) is 4.80 Å². The van der Waals surface area contributed by atoms with Crippen molar-refractivity contribution in [1.82, 2.24) is 8.94 Å². The quantitative estimate of drug-likeness (QED) is 0.731. The Balaban J connectivity index is 2.02. The van der Waals surface area contributed by atoms with E-state index in [1.165, 1.54) is 0 Å². The van der Waals surface area contributed by atoms with Crippen molar-refractivity contribution < 1.29 is 22.4 Å². The molecule has 0 atom stereocenters. The third-order valence-corrected chi connectivity index (χ3v) is 4.87. The van der Waals surface area contributed by atoms with Gasteiger partial charge in [-0.05, 0) is 30.9 Å². The Kier molecular flexibility index (Phi) is 5.01. The number of hydrogen-bond donors (Lipinski definition) is 0. The average molecular weight is 387 g/mol. The van der Waals surface area contributed by atoms with Crippen LogP contribution in [-0.4, -0.2) is 14.8 Å². The van der Waals surface area contributed by atoms with Crippen molar-refractivity contribution >= 4 is 17.4 Å². The minimum absolute atomic E-state index is 0.106. The van der Waals surface area contributed by atoms with E-state index in [4.69, 9.17) is 0 Å². The summed E-state index contributed by atoms with van der Waals surface area (Å²) in [5.74, 6) is -1.29. The first-order chi connectivity index (χ1) is 12.2. The van der Waals surface area contributed by atoms with Gasteiger partial charge < -0.3 is 4.57 Å². The Morgan fingerprint density at radius 1 is 1.38 bits per heavy atom. The average Bonchev–Trinajstić information content (AvgIpc) is 3.27. The summed E-state index contributed by atoms with van der Waals surface area (Å²) >= 11 is 0.994. The molecular weight excluding hydrogens is 370 g/mol. The number of aromatic nitrogens is 2. The summed E-state index contributed by atoms with van der Waals surface area (Å²) in [7, 11) is 0. The van der Waals surface area contributed by atoms with Gasteiger partial charge in [0, 0.05) is 24.0 Å². The zero-order chi connectivity index (χ0) is 19.1. The summed E-state index contributed by atoms with van der Waals surface area (Å²) in [4.78, 5) is 16.5. The van der Waals surface area contributed by atoms with E-state index >= 15 is 0 Å². The van der Waals surface area contributed by atoms with E-state index < -0.39 is 29.0 Å². The summed E-state index contributed by atoms with van der Waals surface area (Å²) < 4.78 is 58.8. The molecule has 9 heteroatoms. The highest BCUT2D eigenvalue weighted by atomic mass is 32.1. The second-order valence-corrected chi connectivity index (χ2v) is 7.34. The van der Waals surface area contributed by atoms with E-state index in [1.54, 1.807) is 0 Å². The number of hydrogen-bond acceptors (Lipinski definition) is 3. The van der Waals surface area contributed by atoms with Gasteiger partial charge in [-0.2, -0.15) is 22.5 Å². The van der Waals surface area contributed by atoms with Crippen LogP contribution < -0.4 is 4.80 Å². The lowest BCUT2D eigenvalue weighted by atomic mass is 10.1. The highest BCUT2D eigenvalue weighted by Crippen LogP contribution is 2.33. The van der Waals surface area contributed by atoms with Crippen molar-refractivity contribution in [1.29, 1.82) is 0 Å². The Bertz CT molecular complexity index is 894. The highest BCUT2D eigenvalue weighted by Gasteiger charge is 2.35. The highest BCUT2D eigenvalue weighted by molar-refractivity contribution is 7.02. The molecule has 1 aromatic carbocycles. The number of nitrogens with zero attached hydrogens (tertiary/aromatic N) is 3. The van der Waals surface area contributed by atoms with Crippen LogP contribution >= 0.6 is 11.5 Å². The monoisotopic (exact) mass is 387 g/mol. The van der Waals surface area contributed by atoms with Crippen molar-refractivity contribution in [2.45, 2.75) is 45.3 Å². The fourth-order valence-corrected chi connectivity index (χ4v) is 3.45. The van der Waals surface area contributed by atoms with Crippen LogP contribution in [0, 0.1) is 11.7 Å². The number of carbonyl (C=O) groups excluding carboxylic acids is 1. The molecule has 0 N–H and O–H groups in total. The van der Waals surface area contributed by atoms with E-state index in [0.717, 1.165) is 42.3 Å². The number of rotatable bonds is 4. The Labute approximate surface area is 151 Å². The van der Waals surface area contributed by atoms with Gasteiger partial charge in [0.05, 0.1) is 11.1 Å². The first-order valence-electron chi connectivity index (χ1n) is 8.19. The fraction of sp³-hybridized carbons (Fsp3) is 0.471. The van der Waals surface area contributed by atoms with Crippen molar-refractivity contribution in [3.8, 4) is 0 Å². The van der Waals surface area contributed by atoms with Crippen molar-refractivity contribution in [3.05, 3.63) is 45.8 Å². The van der Waals surface area contributed by atoms with Crippen LogP contribution in [0.4, 0.5) is 17.6 Å². The van der Waals surface area contributed by atoms with Crippen molar-refractivity contribution in [3.63, 3.8) is 0 Å². The lowest BCUT2D eigenvalue weighted by molar-refractivity contribution is -0.140. The summed E-state index contributed by atoms with van der Waals surface area (Å²) in [6.07, 6.45) is -2.71. The molecule has 1 amide bonds. The van der Waals surface area contributed by atoms with Gasteiger partial charge in [-0.3, -0.25) is 4.79 Å². The minimum atomic E-state index is -4.87. The number of alkyl halides is 3. The van der Waals surface area contributed by atoms with Gasteiger partial charge in [0.1, 0.15) is 11.6 Å². The van der Waals surface area contributed by atoms with Crippen LogP contribution in [0.2, 0.25) is 0 Å². The number of halogens is 4. The molecular formula is C17H17F4N3OS. The van der Waals surface area contributed by atoms with Gasteiger partial charge >= 0.3 is 6.18 Å². The number of benzene rings is 1. The lowest BCUT2D eigenvalue weighted by Crippen LogP contribution is -2.21. The molecule has 0 bridgehead atoms. The summed E-state index contributed by atoms with van der Waals surface area (Å²) in [5, 5.41) is 0. The molecule has 26 heavy (non-hydrogen) atoms. The van der Waals surface area contributed by atoms with E-state index in [-0.39, 0.29) is 10.7 Å².